The maximum atomic E-state index is 12.8. The van der Waals surface area contributed by atoms with Crippen LogP contribution in [0.4, 0.5) is 8.78 Å². The van der Waals surface area contributed by atoms with E-state index in [1.54, 1.807) is 6.92 Å². The summed E-state index contributed by atoms with van der Waals surface area (Å²) in [5, 5.41) is 0. The van der Waals surface area contributed by atoms with Gasteiger partial charge in [-0.05, 0) is 19.3 Å². The van der Waals surface area contributed by atoms with E-state index in [1.165, 1.54) is 20.1 Å². The lowest BCUT2D eigenvalue weighted by Crippen LogP contribution is -2.27. The number of methoxy groups -OCH3 is 1. The number of hydrogen-bond acceptors (Lipinski definition) is 2. The molecule has 0 aliphatic carbocycles. The van der Waals surface area contributed by atoms with Crippen LogP contribution in [-0.2, 0) is 9.53 Å². The van der Waals surface area contributed by atoms with E-state index in [-0.39, 0.29) is 11.2 Å². The summed E-state index contributed by atoms with van der Waals surface area (Å²) < 4.78 is 31.0. The summed E-state index contributed by atoms with van der Waals surface area (Å²) in [6.45, 7) is 9.27. The van der Waals surface area contributed by atoms with Gasteiger partial charge in [-0.1, -0.05) is 34.6 Å². The Hall–Kier alpha value is -0.930. The standard InChI is InChI=1S/C16H28F2O2/c1-7-12(11(4)15(17)18)13(19)10-14(20-6)16(5,8-2)9-3/h10-12,15H,7-9H2,1-6H3/b14-10-. The summed E-state index contributed by atoms with van der Waals surface area (Å²) in [5.41, 5.74) is -0.225. The van der Waals surface area contributed by atoms with Gasteiger partial charge >= 0.3 is 0 Å². The third-order valence-corrected chi connectivity index (χ3v) is 4.49. The van der Waals surface area contributed by atoms with Gasteiger partial charge in [0.05, 0.1) is 7.11 Å². The quantitative estimate of drug-likeness (QED) is 0.448. The normalized spacial score (nSPS) is 16.1. The molecule has 0 radical (unpaired) electrons. The fourth-order valence-corrected chi connectivity index (χ4v) is 2.32. The Morgan fingerprint density at radius 2 is 1.75 bits per heavy atom. The molecule has 2 unspecified atom stereocenters. The number of hydrogen-bond donors (Lipinski definition) is 0. The van der Waals surface area contributed by atoms with Crippen molar-refractivity contribution in [2.75, 3.05) is 7.11 Å². The zero-order valence-corrected chi connectivity index (χ0v) is 13.5. The van der Waals surface area contributed by atoms with Crippen molar-refractivity contribution in [3.05, 3.63) is 11.8 Å². The number of carbonyl (C=O) groups is 1. The molecule has 0 aliphatic rings. The average molecular weight is 290 g/mol. The maximum absolute atomic E-state index is 12.8. The van der Waals surface area contributed by atoms with E-state index in [4.69, 9.17) is 4.74 Å². The second kappa shape index (κ2) is 8.38. The Morgan fingerprint density at radius 1 is 1.25 bits per heavy atom. The highest BCUT2D eigenvalue weighted by molar-refractivity contribution is 5.92. The third-order valence-electron chi connectivity index (χ3n) is 4.49. The lowest BCUT2D eigenvalue weighted by Gasteiger charge is -2.29. The van der Waals surface area contributed by atoms with Crippen molar-refractivity contribution in [2.45, 2.75) is 60.3 Å². The molecule has 0 saturated heterocycles. The van der Waals surface area contributed by atoms with E-state index < -0.39 is 18.3 Å². The maximum Gasteiger partial charge on any atom is 0.241 e. The van der Waals surface area contributed by atoms with E-state index in [9.17, 15) is 13.6 Å². The monoisotopic (exact) mass is 290 g/mol. The Bertz CT molecular complexity index is 333. The number of carbonyl (C=O) groups excluding carboxylic acids is 1. The molecule has 0 saturated carbocycles. The smallest absolute Gasteiger partial charge is 0.241 e. The molecule has 0 aliphatic heterocycles. The summed E-state index contributed by atoms with van der Waals surface area (Å²) >= 11 is 0. The number of ketones is 1. The summed E-state index contributed by atoms with van der Waals surface area (Å²) in [4.78, 5) is 12.3. The molecule has 0 bridgehead atoms. The fourth-order valence-electron chi connectivity index (χ4n) is 2.32. The lowest BCUT2D eigenvalue weighted by molar-refractivity contribution is -0.122. The van der Waals surface area contributed by atoms with E-state index >= 15 is 0 Å². The first-order valence-electron chi connectivity index (χ1n) is 7.35. The van der Waals surface area contributed by atoms with Crippen molar-refractivity contribution in [3.8, 4) is 0 Å². The van der Waals surface area contributed by atoms with Crippen molar-refractivity contribution in [1.29, 1.82) is 0 Å². The Labute approximate surface area is 121 Å². The Morgan fingerprint density at radius 3 is 2.05 bits per heavy atom. The topological polar surface area (TPSA) is 26.3 Å². The van der Waals surface area contributed by atoms with Gasteiger partial charge in [-0.2, -0.15) is 0 Å². The zero-order valence-electron chi connectivity index (χ0n) is 13.5. The Kier molecular flexibility index (Phi) is 7.99. The molecule has 0 amide bonds. The van der Waals surface area contributed by atoms with Crippen LogP contribution in [-0.4, -0.2) is 19.3 Å². The van der Waals surface area contributed by atoms with Gasteiger partial charge in [0.15, 0.2) is 5.78 Å². The van der Waals surface area contributed by atoms with Crippen LogP contribution in [0.3, 0.4) is 0 Å². The molecule has 2 atom stereocenters. The SMILES string of the molecule is CCC(C(=O)/C=C(\OC)C(C)(CC)CC)C(C)C(F)F. The van der Waals surface area contributed by atoms with Crippen LogP contribution in [0.25, 0.3) is 0 Å². The zero-order chi connectivity index (χ0) is 15.9. The van der Waals surface area contributed by atoms with Crippen LogP contribution in [0.5, 0.6) is 0 Å². The first-order valence-corrected chi connectivity index (χ1v) is 7.35. The van der Waals surface area contributed by atoms with Crippen LogP contribution in [0, 0.1) is 17.3 Å². The van der Waals surface area contributed by atoms with Gasteiger partial charge in [-0.3, -0.25) is 4.79 Å². The van der Waals surface area contributed by atoms with Crippen LogP contribution in [0.2, 0.25) is 0 Å². The molecule has 0 rings (SSSR count). The minimum Gasteiger partial charge on any atom is -0.500 e. The van der Waals surface area contributed by atoms with Crippen LogP contribution >= 0.6 is 0 Å². The van der Waals surface area contributed by atoms with Crippen molar-refractivity contribution in [3.63, 3.8) is 0 Å². The first kappa shape index (κ1) is 19.1. The predicted octanol–water partition coefficient (Wildman–Crippen LogP) is 4.84. The minimum absolute atomic E-state index is 0.225. The molecule has 0 heterocycles. The molecular formula is C16H28F2O2. The molecular weight excluding hydrogens is 262 g/mol. The summed E-state index contributed by atoms with van der Waals surface area (Å²) in [7, 11) is 1.53. The van der Waals surface area contributed by atoms with Crippen molar-refractivity contribution < 1.29 is 18.3 Å². The highest BCUT2D eigenvalue weighted by Crippen LogP contribution is 2.35. The van der Waals surface area contributed by atoms with E-state index in [1.807, 2.05) is 20.8 Å². The van der Waals surface area contributed by atoms with Gasteiger partial charge in [0.1, 0.15) is 5.76 Å². The molecule has 118 valence electrons. The van der Waals surface area contributed by atoms with Crippen molar-refractivity contribution in [2.24, 2.45) is 17.3 Å². The number of alkyl halides is 2. The molecule has 4 heteroatoms. The molecule has 2 nitrogen and oxygen atoms in total. The highest BCUT2D eigenvalue weighted by atomic mass is 19.3. The van der Waals surface area contributed by atoms with Gasteiger partial charge in [0.25, 0.3) is 0 Å². The molecule has 0 aromatic rings. The largest absolute Gasteiger partial charge is 0.500 e. The highest BCUT2D eigenvalue weighted by Gasteiger charge is 2.32. The van der Waals surface area contributed by atoms with E-state index in [0.29, 0.717) is 12.2 Å². The number of ether oxygens (including phenoxy) is 1. The summed E-state index contributed by atoms with van der Waals surface area (Å²) in [6.07, 6.45) is 1.02. The molecule has 0 aromatic carbocycles. The van der Waals surface area contributed by atoms with Crippen LogP contribution < -0.4 is 0 Å². The van der Waals surface area contributed by atoms with E-state index in [0.717, 1.165) is 12.8 Å². The predicted molar refractivity (Wildman–Crippen MR) is 77.7 cm³/mol. The van der Waals surface area contributed by atoms with E-state index in [2.05, 4.69) is 0 Å². The average Bonchev–Trinajstić information content (AvgIpc) is 2.44. The molecule has 0 aromatic heterocycles. The molecule has 0 fully saturated rings. The van der Waals surface area contributed by atoms with Crippen molar-refractivity contribution in [1.82, 2.24) is 0 Å². The van der Waals surface area contributed by atoms with Gasteiger partial charge in [0.2, 0.25) is 6.43 Å². The fraction of sp³-hybridized carbons (Fsp3) is 0.812. The van der Waals surface area contributed by atoms with Gasteiger partial charge < -0.3 is 4.74 Å². The number of rotatable bonds is 9. The Balaban J connectivity index is 5.29. The first-order chi connectivity index (χ1) is 9.27. The molecule has 0 spiro atoms. The number of halogens is 2. The third kappa shape index (κ3) is 4.57. The van der Waals surface area contributed by atoms with Gasteiger partial charge in [0, 0.05) is 23.3 Å². The minimum atomic E-state index is -2.48. The van der Waals surface area contributed by atoms with Crippen molar-refractivity contribution >= 4 is 5.78 Å². The summed E-state index contributed by atoms with van der Waals surface area (Å²) in [5.74, 6) is -1.26. The number of allylic oxidation sites excluding steroid dienone is 2. The second-order valence-corrected chi connectivity index (χ2v) is 5.59. The van der Waals surface area contributed by atoms with Gasteiger partial charge in [-0.25, -0.2) is 8.78 Å². The molecule has 20 heavy (non-hydrogen) atoms. The van der Waals surface area contributed by atoms with Crippen LogP contribution in [0.15, 0.2) is 11.8 Å². The lowest BCUT2D eigenvalue weighted by atomic mass is 9.80. The molecule has 0 N–H and O–H groups in total. The van der Waals surface area contributed by atoms with Crippen LogP contribution in [0.1, 0.15) is 53.9 Å². The van der Waals surface area contributed by atoms with Gasteiger partial charge in [-0.15, -0.1) is 0 Å². The second-order valence-electron chi connectivity index (χ2n) is 5.59. The summed E-state index contributed by atoms with van der Waals surface area (Å²) in [6, 6.07) is 0.